The van der Waals surface area contributed by atoms with E-state index in [1.807, 2.05) is 19.1 Å². The van der Waals surface area contributed by atoms with Crippen LogP contribution in [0.2, 0.25) is 0 Å². The average molecular weight is 298 g/mol. The van der Waals surface area contributed by atoms with Crippen molar-refractivity contribution >= 4 is 9.84 Å². The quantitative estimate of drug-likeness (QED) is 0.705. The first-order valence-electron chi connectivity index (χ1n) is 7.22. The molecule has 1 N–H and O–H groups in total. The van der Waals surface area contributed by atoms with Crippen molar-refractivity contribution in [1.82, 2.24) is 10.2 Å². The van der Waals surface area contributed by atoms with E-state index in [1.165, 1.54) is 0 Å². The van der Waals surface area contributed by atoms with Gasteiger partial charge in [-0.1, -0.05) is 31.5 Å². The fourth-order valence-electron chi connectivity index (χ4n) is 1.97. The lowest BCUT2D eigenvalue weighted by Gasteiger charge is -2.17. The third-order valence-corrected chi connectivity index (χ3v) is 5.16. The SMILES string of the molecule is CCN(CC)CCNCCS(=O)(=O)c1ccc(C)cc1. The van der Waals surface area contributed by atoms with Gasteiger partial charge in [-0.3, -0.25) is 0 Å². The van der Waals surface area contributed by atoms with Crippen molar-refractivity contribution in [2.24, 2.45) is 0 Å². The van der Waals surface area contributed by atoms with Crippen LogP contribution in [-0.4, -0.2) is 51.8 Å². The van der Waals surface area contributed by atoms with Gasteiger partial charge in [0.25, 0.3) is 0 Å². The molecule has 0 aromatic heterocycles. The number of likely N-dealkylation sites (N-methyl/N-ethyl adjacent to an activating group) is 1. The van der Waals surface area contributed by atoms with Crippen LogP contribution in [0.15, 0.2) is 29.2 Å². The van der Waals surface area contributed by atoms with Crippen molar-refractivity contribution in [3.8, 4) is 0 Å². The molecule has 5 heteroatoms. The highest BCUT2D eigenvalue weighted by molar-refractivity contribution is 7.91. The van der Waals surface area contributed by atoms with Crippen LogP contribution in [0.4, 0.5) is 0 Å². The summed E-state index contributed by atoms with van der Waals surface area (Å²) in [6.07, 6.45) is 0. The molecule has 1 aromatic rings. The summed E-state index contributed by atoms with van der Waals surface area (Å²) < 4.78 is 24.2. The fraction of sp³-hybridized carbons (Fsp3) is 0.600. The molecule has 0 saturated carbocycles. The van der Waals surface area contributed by atoms with Crippen LogP contribution in [-0.2, 0) is 9.84 Å². The van der Waals surface area contributed by atoms with Gasteiger partial charge in [-0.15, -0.1) is 0 Å². The standard InChI is InChI=1S/C15H26N2O2S/c1-4-17(5-2)12-10-16-11-13-20(18,19)15-8-6-14(3)7-9-15/h6-9,16H,4-5,10-13H2,1-3H3. The number of nitrogens with one attached hydrogen (secondary N) is 1. The first kappa shape index (κ1) is 17.1. The molecule has 0 atom stereocenters. The third-order valence-electron chi connectivity index (χ3n) is 3.43. The second-order valence-electron chi connectivity index (χ2n) is 4.91. The minimum absolute atomic E-state index is 0.147. The number of hydrogen-bond donors (Lipinski definition) is 1. The Labute approximate surface area is 123 Å². The maximum atomic E-state index is 12.1. The summed E-state index contributed by atoms with van der Waals surface area (Å²) in [6.45, 7) is 10.5. The zero-order chi connectivity index (χ0) is 15.0. The molecule has 1 aromatic carbocycles. The van der Waals surface area contributed by atoms with Gasteiger partial charge in [0.1, 0.15) is 0 Å². The van der Waals surface area contributed by atoms with Crippen LogP contribution in [0.1, 0.15) is 19.4 Å². The van der Waals surface area contributed by atoms with Gasteiger partial charge in [-0.25, -0.2) is 8.42 Å². The number of sulfone groups is 1. The predicted octanol–water partition coefficient (Wildman–Crippen LogP) is 1.70. The van der Waals surface area contributed by atoms with Gasteiger partial charge in [0, 0.05) is 19.6 Å². The Morgan fingerprint density at radius 2 is 1.65 bits per heavy atom. The lowest BCUT2D eigenvalue weighted by molar-refractivity contribution is 0.303. The number of nitrogens with zero attached hydrogens (tertiary/aromatic N) is 1. The molecule has 0 spiro atoms. The largest absolute Gasteiger partial charge is 0.314 e. The second kappa shape index (κ2) is 8.39. The van der Waals surface area contributed by atoms with Gasteiger partial charge in [0.15, 0.2) is 9.84 Å². The molecule has 0 aliphatic carbocycles. The van der Waals surface area contributed by atoms with Gasteiger partial charge in [0.2, 0.25) is 0 Å². The van der Waals surface area contributed by atoms with E-state index < -0.39 is 9.84 Å². The lowest BCUT2D eigenvalue weighted by Crippen LogP contribution is -2.33. The van der Waals surface area contributed by atoms with Gasteiger partial charge < -0.3 is 10.2 Å². The van der Waals surface area contributed by atoms with E-state index in [0.29, 0.717) is 11.4 Å². The normalized spacial score (nSPS) is 12.0. The van der Waals surface area contributed by atoms with E-state index >= 15 is 0 Å². The van der Waals surface area contributed by atoms with Gasteiger partial charge in [-0.05, 0) is 32.1 Å². The Morgan fingerprint density at radius 3 is 2.20 bits per heavy atom. The molecule has 4 nitrogen and oxygen atoms in total. The highest BCUT2D eigenvalue weighted by Gasteiger charge is 2.13. The van der Waals surface area contributed by atoms with Crippen molar-refractivity contribution in [3.05, 3.63) is 29.8 Å². The summed E-state index contributed by atoms with van der Waals surface area (Å²) in [5, 5.41) is 3.20. The molecule has 0 heterocycles. The topological polar surface area (TPSA) is 49.4 Å². The van der Waals surface area contributed by atoms with Gasteiger partial charge in [-0.2, -0.15) is 0 Å². The first-order chi connectivity index (χ1) is 9.49. The van der Waals surface area contributed by atoms with E-state index in [1.54, 1.807) is 12.1 Å². The molecule has 0 aliphatic rings. The average Bonchev–Trinajstić information content (AvgIpc) is 2.43. The smallest absolute Gasteiger partial charge is 0.179 e. The fourth-order valence-corrected chi connectivity index (χ4v) is 3.17. The van der Waals surface area contributed by atoms with Crippen LogP contribution in [0.3, 0.4) is 0 Å². The summed E-state index contributed by atoms with van der Waals surface area (Å²) in [4.78, 5) is 2.72. The van der Waals surface area contributed by atoms with Crippen molar-refractivity contribution in [3.63, 3.8) is 0 Å². The van der Waals surface area contributed by atoms with E-state index in [-0.39, 0.29) is 5.75 Å². The second-order valence-corrected chi connectivity index (χ2v) is 7.02. The van der Waals surface area contributed by atoms with Crippen LogP contribution in [0, 0.1) is 6.92 Å². The number of rotatable bonds is 9. The Bertz CT molecular complexity index is 479. The Hall–Kier alpha value is -0.910. The van der Waals surface area contributed by atoms with Crippen molar-refractivity contribution in [1.29, 1.82) is 0 Å². The summed E-state index contributed by atoms with van der Waals surface area (Å²) >= 11 is 0. The zero-order valence-electron chi connectivity index (χ0n) is 12.7. The highest BCUT2D eigenvalue weighted by atomic mass is 32.2. The van der Waals surface area contributed by atoms with Gasteiger partial charge >= 0.3 is 0 Å². The Balaban J connectivity index is 2.35. The summed E-state index contributed by atoms with van der Waals surface area (Å²) in [7, 11) is -3.16. The van der Waals surface area contributed by atoms with E-state index in [9.17, 15) is 8.42 Å². The van der Waals surface area contributed by atoms with E-state index in [0.717, 1.165) is 31.7 Å². The Kier molecular flexibility index (Phi) is 7.19. The van der Waals surface area contributed by atoms with Crippen molar-refractivity contribution < 1.29 is 8.42 Å². The number of benzene rings is 1. The van der Waals surface area contributed by atoms with Crippen molar-refractivity contribution in [2.75, 3.05) is 38.5 Å². The van der Waals surface area contributed by atoms with Crippen LogP contribution in [0.25, 0.3) is 0 Å². The molecule has 114 valence electrons. The van der Waals surface area contributed by atoms with Crippen LogP contribution in [0.5, 0.6) is 0 Å². The molecular weight excluding hydrogens is 272 g/mol. The molecule has 0 saturated heterocycles. The molecule has 1 rings (SSSR count). The molecule has 0 radical (unpaired) electrons. The molecule has 20 heavy (non-hydrogen) atoms. The third kappa shape index (κ3) is 5.61. The minimum Gasteiger partial charge on any atom is -0.314 e. The molecule has 0 amide bonds. The minimum atomic E-state index is -3.16. The molecule has 0 aliphatic heterocycles. The molecule has 0 unspecified atom stereocenters. The summed E-state index contributed by atoms with van der Waals surface area (Å²) in [5.74, 6) is 0.147. The summed E-state index contributed by atoms with van der Waals surface area (Å²) in [5.41, 5.74) is 1.07. The lowest BCUT2D eigenvalue weighted by atomic mass is 10.2. The van der Waals surface area contributed by atoms with Crippen LogP contribution < -0.4 is 5.32 Å². The van der Waals surface area contributed by atoms with E-state index in [4.69, 9.17) is 0 Å². The molecule has 0 fully saturated rings. The summed E-state index contributed by atoms with van der Waals surface area (Å²) in [6, 6.07) is 7.03. The predicted molar refractivity (Wildman–Crippen MR) is 83.9 cm³/mol. The maximum Gasteiger partial charge on any atom is 0.179 e. The molecular formula is C15H26N2O2S. The highest BCUT2D eigenvalue weighted by Crippen LogP contribution is 2.11. The molecule has 0 bridgehead atoms. The maximum absolute atomic E-state index is 12.1. The number of hydrogen-bond acceptors (Lipinski definition) is 4. The monoisotopic (exact) mass is 298 g/mol. The first-order valence-corrected chi connectivity index (χ1v) is 8.87. The van der Waals surface area contributed by atoms with Crippen molar-refractivity contribution in [2.45, 2.75) is 25.7 Å². The number of aryl methyl sites for hydroxylation is 1. The van der Waals surface area contributed by atoms with E-state index in [2.05, 4.69) is 24.1 Å². The Morgan fingerprint density at radius 1 is 1.05 bits per heavy atom. The van der Waals surface area contributed by atoms with Crippen LogP contribution >= 0.6 is 0 Å². The zero-order valence-corrected chi connectivity index (χ0v) is 13.5. The van der Waals surface area contributed by atoms with Gasteiger partial charge in [0.05, 0.1) is 10.6 Å².